The monoisotopic (exact) mass is 290 g/mol. The topological polar surface area (TPSA) is 24.8 Å². The van der Waals surface area contributed by atoms with Gasteiger partial charge in [-0.1, -0.05) is 36.8 Å². The lowest BCUT2D eigenvalue weighted by atomic mass is 10.2. The van der Waals surface area contributed by atoms with Crippen LogP contribution in [-0.2, 0) is 4.43 Å². The summed E-state index contributed by atoms with van der Waals surface area (Å²) in [5.41, 5.74) is 1.18. The molecule has 1 aliphatic heterocycles. The minimum Gasteiger partial charge on any atom is -0.403 e. The van der Waals surface area contributed by atoms with Crippen LogP contribution >= 0.6 is 0 Å². The molecule has 20 heavy (non-hydrogen) atoms. The van der Waals surface area contributed by atoms with Crippen molar-refractivity contribution in [3.8, 4) is 0 Å². The zero-order valence-corrected chi connectivity index (χ0v) is 13.7. The summed E-state index contributed by atoms with van der Waals surface area (Å²) in [5, 5.41) is 0. The zero-order chi connectivity index (χ0) is 14.3. The Morgan fingerprint density at radius 2 is 2.10 bits per heavy atom. The third-order valence-corrected chi connectivity index (χ3v) is 7.96. The number of aliphatic imine (C=N–C) groups is 1. The van der Waals surface area contributed by atoms with Crippen LogP contribution in [0.15, 0.2) is 35.3 Å². The number of hydrogen-bond donors (Lipinski definition) is 0. The van der Waals surface area contributed by atoms with E-state index in [2.05, 4.69) is 35.2 Å². The molecule has 0 radical (unpaired) electrons. The van der Waals surface area contributed by atoms with Crippen molar-refractivity contribution < 1.29 is 4.43 Å². The molecule has 0 spiro atoms. The minimum atomic E-state index is -1.64. The molecule has 1 saturated heterocycles. The Bertz CT molecular complexity index is 420. The molecule has 2 rings (SSSR count). The second kappa shape index (κ2) is 7.72. The first kappa shape index (κ1) is 15.4. The molecule has 0 aliphatic carbocycles. The van der Waals surface area contributed by atoms with Crippen LogP contribution in [0.1, 0.15) is 25.3 Å². The lowest BCUT2D eigenvalue weighted by Gasteiger charge is -2.41. The third kappa shape index (κ3) is 4.26. The van der Waals surface area contributed by atoms with Gasteiger partial charge in [0.2, 0.25) is 0 Å². The second-order valence-corrected chi connectivity index (χ2v) is 9.27. The van der Waals surface area contributed by atoms with Crippen molar-refractivity contribution in [2.75, 3.05) is 26.2 Å². The van der Waals surface area contributed by atoms with Crippen LogP contribution in [0.4, 0.5) is 0 Å². The van der Waals surface area contributed by atoms with E-state index in [0.29, 0.717) is 0 Å². The maximum absolute atomic E-state index is 6.11. The van der Waals surface area contributed by atoms with Gasteiger partial charge in [0.1, 0.15) is 0 Å². The van der Waals surface area contributed by atoms with Gasteiger partial charge in [-0.05, 0) is 38.0 Å². The maximum Gasteiger partial charge on any atom is 0.268 e. The van der Waals surface area contributed by atoms with Gasteiger partial charge >= 0.3 is 0 Å². The lowest BCUT2D eigenvalue weighted by molar-refractivity contribution is 0.234. The number of benzene rings is 1. The molecule has 4 heteroatoms. The molecule has 1 aliphatic rings. The molecule has 3 nitrogen and oxygen atoms in total. The molecule has 1 aromatic rings. The van der Waals surface area contributed by atoms with Crippen LogP contribution in [0, 0.1) is 0 Å². The van der Waals surface area contributed by atoms with Crippen molar-refractivity contribution in [1.29, 1.82) is 0 Å². The highest BCUT2D eigenvalue weighted by atomic mass is 28.4. The highest BCUT2D eigenvalue weighted by Crippen LogP contribution is 2.25. The van der Waals surface area contributed by atoms with E-state index in [9.17, 15) is 0 Å². The van der Waals surface area contributed by atoms with E-state index in [1.165, 1.54) is 31.0 Å². The van der Waals surface area contributed by atoms with E-state index >= 15 is 0 Å². The van der Waals surface area contributed by atoms with Gasteiger partial charge in [0.05, 0.1) is 6.54 Å². The van der Waals surface area contributed by atoms with Crippen LogP contribution < -0.4 is 0 Å². The van der Waals surface area contributed by atoms with Gasteiger partial charge in [-0.2, -0.15) is 0 Å². The largest absolute Gasteiger partial charge is 0.403 e. The normalized spacial score (nSPS) is 24.3. The van der Waals surface area contributed by atoms with Crippen molar-refractivity contribution in [3.63, 3.8) is 0 Å². The Morgan fingerprint density at radius 1 is 1.30 bits per heavy atom. The summed E-state index contributed by atoms with van der Waals surface area (Å²) in [6.45, 7) is 8.39. The molecule has 1 fully saturated rings. The first-order valence-corrected chi connectivity index (χ1v) is 10.2. The Kier molecular flexibility index (Phi) is 5.95. The van der Waals surface area contributed by atoms with E-state index in [4.69, 9.17) is 4.43 Å². The summed E-state index contributed by atoms with van der Waals surface area (Å²) in [6, 6.07) is 11.6. The van der Waals surface area contributed by atoms with E-state index in [-0.39, 0.29) is 0 Å². The molecule has 0 aromatic heterocycles. The summed E-state index contributed by atoms with van der Waals surface area (Å²) in [5.74, 6) is 0. The van der Waals surface area contributed by atoms with Crippen LogP contribution in [0.3, 0.4) is 0 Å². The van der Waals surface area contributed by atoms with Crippen LogP contribution in [-0.4, -0.2) is 45.5 Å². The summed E-state index contributed by atoms with van der Waals surface area (Å²) in [7, 11) is -1.64. The van der Waals surface area contributed by atoms with Gasteiger partial charge in [0.15, 0.2) is 0 Å². The minimum absolute atomic E-state index is 0.840. The van der Waals surface area contributed by atoms with Crippen molar-refractivity contribution in [3.05, 3.63) is 35.9 Å². The summed E-state index contributed by atoms with van der Waals surface area (Å²) in [6.07, 6.45) is 4.61. The molecule has 0 saturated carbocycles. The predicted octanol–water partition coefficient (Wildman–Crippen LogP) is 3.31. The van der Waals surface area contributed by atoms with Crippen molar-refractivity contribution in [2.45, 2.75) is 32.4 Å². The highest BCUT2D eigenvalue weighted by molar-refractivity contribution is 6.69. The summed E-state index contributed by atoms with van der Waals surface area (Å²) < 4.78 is 8.70. The smallest absolute Gasteiger partial charge is 0.268 e. The number of nitrogens with zero attached hydrogens (tertiary/aromatic N) is 2. The Labute approximate surface area is 123 Å². The molecule has 0 N–H and O–H groups in total. The molecular weight excluding hydrogens is 264 g/mol. The van der Waals surface area contributed by atoms with E-state index in [1.54, 1.807) is 0 Å². The fraction of sp³-hybridized carbons (Fsp3) is 0.562. The maximum atomic E-state index is 6.11. The number of rotatable bonds is 6. The standard InChI is InChI=1S/C16H26N2OSi/c1-3-19-20(2)14-8-7-12-18(20)13-11-17-15-16-9-5-4-6-10-16/h4-6,9-10,15H,3,7-8,11-14H2,1-2H3. The molecule has 0 amide bonds. The third-order valence-electron chi connectivity index (χ3n) is 3.98. The molecule has 1 aromatic carbocycles. The second-order valence-electron chi connectivity index (χ2n) is 5.50. The Hall–Kier alpha value is -0.973. The summed E-state index contributed by atoms with van der Waals surface area (Å²) >= 11 is 0. The molecule has 110 valence electrons. The molecule has 1 atom stereocenters. The fourth-order valence-corrected chi connectivity index (χ4v) is 6.24. The number of hydrogen-bond acceptors (Lipinski definition) is 3. The molecular formula is C16H26N2OSi. The average molecular weight is 290 g/mol. The zero-order valence-electron chi connectivity index (χ0n) is 12.7. The summed E-state index contributed by atoms with van der Waals surface area (Å²) in [4.78, 5) is 4.56. The predicted molar refractivity (Wildman–Crippen MR) is 87.8 cm³/mol. The Morgan fingerprint density at radius 3 is 2.85 bits per heavy atom. The van der Waals surface area contributed by atoms with Gasteiger partial charge in [0.25, 0.3) is 8.48 Å². The van der Waals surface area contributed by atoms with Gasteiger partial charge in [-0.3, -0.25) is 4.99 Å². The van der Waals surface area contributed by atoms with Crippen LogP contribution in [0.5, 0.6) is 0 Å². The lowest BCUT2D eigenvalue weighted by Crippen LogP contribution is -2.57. The van der Waals surface area contributed by atoms with E-state index in [0.717, 1.165) is 19.7 Å². The molecule has 1 unspecified atom stereocenters. The van der Waals surface area contributed by atoms with Crippen molar-refractivity contribution in [2.24, 2.45) is 4.99 Å². The SMILES string of the molecule is CCO[Si]1(C)CCCCN1CCN=Cc1ccccc1. The fourth-order valence-electron chi connectivity index (χ4n) is 2.86. The first-order valence-electron chi connectivity index (χ1n) is 7.68. The van der Waals surface area contributed by atoms with E-state index in [1.807, 2.05) is 24.4 Å². The van der Waals surface area contributed by atoms with Crippen LogP contribution in [0.25, 0.3) is 0 Å². The Balaban J connectivity index is 1.84. The van der Waals surface area contributed by atoms with Gasteiger partial charge in [0, 0.05) is 19.4 Å². The van der Waals surface area contributed by atoms with E-state index < -0.39 is 8.48 Å². The average Bonchev–Trinajstić information content (AvgIpc) is 2.46. The van der Waals surface area contributed by atoms with Crippen molar-refractivity contribution in [1.82, 2.24) is 4.57 Å². The molecule has 0 bridgehead atoms. The molecule has 1 heterocycles. The van der Waals surface area contributed by atoms with Crippen LogP contribution in [0.2, 0.25) is 12.6 Å². The highest BCUT2D eigenvalue weighted by Gasteiger charge is 2.38. The first-order chi connectivity index (χ1) is 9.74. The van der Waals surface area contributed by atoms with Gasteiger partial charge < -0.3 is 8.99 Å². The quantitative estimate of drug-likeness (QED) is 0.593. The van der Waals surface area contributed by atoms with Gasteiger partial charge in [-0.25, -0.2) is 0 Å². The van der Waals surface area contributed by atoms with Gasteiger partial charge in [-0.15, -0.1) is 0 Å². The van der Waals surface area contributed by atoms with Crippen molar-refractivity contribution >= 4 is 14.7 Å².